The van der Waals surface area contributed by atoms with Gasteiger partial charge in [-0.25, -0.2) is 0 Å². The molecule has 1 heterocycles. The predicted molar refractivity (Wildman–Crippen MR) is 51.4 cm³/mol. The van der Waals surface area contributed by atoms with Crippen molar-refractivity contribution in [1.29, 1.82) is 0 Å². The Balaban J connectivity index is 2.45. The Morgan fingerprint density at radius 1 is 1.54 bits per heavy atom. The second kappa shape index (κ2) is 4.72. The molecular formula is C10H19NO2. The summed E-state index contributed by atoms with van der Waals surface area (Å²) in [6.45, 7) is 5.18. The fourth-order valence-corrected chi connectivity index (χ4v) is 1.60. The molecule has 0 spiro atoms. The predicted octanol–water partition coefficient (Wildman–Crippen LogP) is 0.965. The quantitative estimate of drug-likeness (QED) is 0.712. The van der Waals surface area contributed by atoms with E-state index in [1.807, 2.05) is 13.8 Å². The van der Waals surface area contributed by atoms with Crippen LogP contribution in [-0.2, 0) is 9.53 Å². The standard InChI is InChI=1S/C10H19NO2/c1-7(8(2)11)10(12)9-4-3-5-13-6-9/h7-9H,3-6,11H2,1-2H3. The fourth-order valence-electron chi connectivity index (χ4n) is 1.60. The van der Waals surface area contributed by atoms with Crippen LogP contribution in [0.3, 0.4) is 0 Å². The van der Waals surface area contributed by atoms with Gasteiger partial charge in [-0.1, -0.05) is 6.92 Å². The Morgan fingerprint density at radius 2 is 2.23 bits per heavy atom. The molecule has 1 saturated heterocycles. The summed E-state index contributed by atoms with van der Waals surface area (Å²) in [5, 5.41) is 0. The molecule has 0 aromatic rings. The first-order valence-corrected chi connectivity index (χ1v) is 5.00. The maximum atomic E-state index is 11.8. The van der Waals surface area contributed by atoms with Gasteiger partial charge in [0.15, 0.2) is 0 Å². The molecule has 0 amide bonds. The number of rotatable bonds is 3. The molecule has 3 unspecified atom stereocenters. The van der Waals surface area contributed by atoms with Crippen LogP contribution in [0.2, 0.25) is 0 Å². The lowest BCUT2D eigenvalue weighted by atomic mass is 9.87. The molecule has 0 bridgehead atoms. The molecule has 76 valence electrons. The Morgan fingerprint density at radius 3 is 2.69 bits per heavy atom. The van der Waals surface area contributed by atoms with Gasteiger partial charge in [-0.15, -0.1) is 0 Å². The largest absolute Gasteiger partial charge is 0.381 e. The Bertz CT molecular complexity index is 174. The van der Waals surface area contributed by atoms with Crippen molar-refractivity contribution in [3.8, 4) is 0 Å². The SMILES string of the molecule is CC(N)C(C)C(=O)C1CCCOC1. The normalized spacial score (nSPS) is 28.1. The smallest absolute Gasteiger partial charge is 0.142 e. The van der Waals surface area contributed by atoms with Crippen molar-refractivity contribution in [1.82, 2.24) is 0 Å². The summed E-state index contributed by atoms with van der Waals surface area (Å²) in [5.41, 5.74) is 5.68. The third-order valence-electron chi connectivity index (χ3n) is 2.80. The lowest BCUT2D eigenvalue weighted by Gasteiger charge is -2.25. The van der Waals surface area contributed by atoms with Crippen molar-refractivity contribution >= 4 is 5.78 Å². The molecule has 1 fully saturated rings. The number of nitrogens with two attached hydrogens (primary N) is 1. The zero-order valence-electron chi connectivity index (χ0n) is 8.45. The highest BCUT2D eigenvalue weighted by atomic mass is 16.5. The molecule has 2 N–H and O–H groups in total. The van der Waals surface area contributed by atoms with Crippen LogP contribution in [0.15, 0.2) is 0 Å². The molecule has 0 saturated carbocycles. The highest BCUT2D eigenvalue weighted by Crippen LogP contribution is 2.19. The molecule has 1 aliphatic heterocycles. The molecule has 13 heavy (non-hydrogen) atoms. The number of carbonyl (C=O) groups is 1. The van der Waals surface area contributed by atoms with Crippen molar-refractivity contribution in [2.75, 3.05) is 13.2 Å². The maximum Gasteiger partial charge on any atom is 0.142 e. The molecule has 3 heteroatoms. The van der Waals surface area contributed by atoms with E-state index in [0.717, 1.165) is 19.4 Å². The van der Waals surface area contributed by atoms with E-state index in [9.17, 15) is 4.79 Å². The molecule has 0 aromatic heterocycles. The number of ketones is 1. The summed E-state index contributed by atoms with van der Waals surface area (Å²) in [4.78, 5) is 11.8. The van der Waals surface area contributed by atoms with E-state index in [1.165, 1.54) is 0 Å². The van der Waals surface area contributed by atoms with Crippen LogP contribution in [-0.4, -0.2) is 25.0 Å². The van der Waals surface area contributed by atoms with E-state index in [0.29, 0.717) is 6.61 Å². The summed E-state index contributed by atoms with van der Waals surface area (Å²) in [5.74, 6) is 0.330. The van der Waals surface area contributed by atoms with Crippen molar-refractivity contribution in [2.24, 2.45) is 17.6 Å². The Kier molecular flexibility index (Phi) is 3.88. The molecular weight excluding hydrogens is 166 g/mol. The first-order valence-electron chi connectivity index (χ1n) is 5.00. The van der Waals surface area contributed by atoms with Gasteiger partial charge in [0.2, 0.25) is 0 Å². The molecule has 0 aromatic carbocycles. The topological polar surface area (TPSA) is 52.3 Å². The number of hydrogen-bond acceptors (Lipinski definition) is 3. The minimum Gasteiger partial charge on any atom is -0.381 e. The molecule has 0 radical (unpaired) electrons. The Labute approximate surface area is 79.6 Å². The average molecular weight is 185 g/mol. The molecule has 3 nitrogen and oxygen atoms in total. The van der Waals surface area contributed by atoms with Crippen molar-refractivity contribution < 1.29 is 9.53 Å². The third-order valence-corrected chi connectivity index (χ3v) is 2.80. The zero-order chi connectivity index (χ0) is 9.84. The van der Waals surface area contributed by atoms with Crippen molar-refractivity contribution in [3.05, 3.63) is 0 Å². The van der Waals surface area contributed by atoms with Gasteiger partial charge in [0.25, 0.3) is 0 Å². The zero-order valence-corrected chi connectivity index (χ0v) is 8.45. The molecule has 3 atom stereocenters. The summed E-state index contributed by atoms with van der Waals surface area (Å²) in [6.07, 6.45) is 1.97. The van der Waals surface area contributed by atoms with Crippen LogP contribution >= 0.6 is 0 Å². The van der Waals surface area contributed by atoms with Gasteiger partial charge < -0.3 is 10.5 Å². The minimum atomic E-state index is -0.0468. The minimum absolute atomic E-state index is 0.0355. The van der Waals surface area contributed by atoms with E-state index in [4.69, 9.17) is 10.5 Å². The van der Waals surface area contributed by atoms with Gasteiger partial charge in [0.05, 0.1) is 6.61 Å². The van der Waals surface area contributed by atoms with Gasteiger partial charge in [0, 0.05) is 24.5 Å². The van der Waals surface area contributed by atoms with Gasteiger partial charge in [-0.05, 0) is 19.8 Å². The lowest BCUT2D eigenvalue weighted by molar-refractivity contribution is -0.130. The molecule has 1 rings (SSSR count). The summed E-state index contributed by atoms with van der Waals surface area (Å²) in [7, 11) is 0. The molecule has 0 aliphatic carbocycles. The van der Waals surface area contributed by atoms with Crippen LogP contribution in [0.4, 0.5) is 0 Å². The van der Waals surface area contributed by atoms with Gasteiger partial charge in [0.1, 0.15) is 5.78 Å². The van der Waals surface area contributed by atoms with E-state index < -0.39 is 0 Å². The number of hydrogen-bond donors (Lipinski definition) is 1. The monoisotopic (exact) mass is 185 g/mol. The molecule has 1 aliphatic rings. The van der Waals surface area contributed by atoms with Gasteiger partial charge in [-0.2, -0.15) is 0 Å². The van der Waals surface area contributed by atoms with Crippen LogP contribution in [0.5, 0.6) is 0 Å². The van der Waals surface area contributed by atoms with Crippen molar-refractivity contribution in [3.63, 3.8) is 0 Å². The van der Waals surface area contributed by atoms with E-state index in [1.54, 1.807) is 0 Å². The number of Topliss-reactive ketones (excluding diaryl/α,β-unsaturated/α-hetero) is 1. The van der Waals surface area contributed by atoms with Gasteiger partial charge in [-0.3, -0.25) is 4.79 Å². The van der Waals surface area contributed by atoms with Crippen LogP contribution in [0, 0.1) is 11.8 Å². The van der Waals surface area contributed by atoms with Gasteiger partial charge >= 0.3 is 0 Å². The maximum absolute atomic E-state index is 11.8. The van der Waals surface area contributed by atoms with Crippen molar-refractivity contribution in [2.45, 2.75) is 32.7 Å². The second-order valence-electron chi connectivity index (χ2n) is 3.96. The second-order valence-corrected chi connectivity index (χ2v) is 3.96. The summed E-state index contributed by atoms with van der Waals surface area (Å²) >= 11 is 0. The first-order chi connectivity index (χ1) is 6.13. The third kappa shape index (κ3) is 2.78. The fraction of sp³-hybridized carbons (Fsp3) is 0.900. The van der Waals surface area contributed by atoms with E-state index in [-0.39, 0.29) is 23.7 Å². The highest BCUT2D eigenvalue weighted by Gasteiger charge is 2.27. The first kappa shape index (κ1) is 10.7. The van der Waals surface area contributed by atoms with Crippen LogP contribution in [0.1, 0.15) is 26.7 Å². The number of carbonyl (C=O) groups excluding carboxylic acids is 1. The Hall–Kier alpha value is -0.410. The lowest BCUT2D eigenvalue weighted by Crippen LogP contribution is -2.37. The van der Waals surface area contributed by atoms with E-state index in [2.05, 4.69) is 0 Å². The average Bonchev–Trinajstić information content (AvgIpc) is 2.17. The summed E-state index contributed by atoms with van der Waals surface area (Å²) < 4.78 is 5.27. The van der Waals surface area contributed by atoms with Crippen LogP contribution in [0.25, 0.3) is 0 Å². The summed E-state index contributed by atoms with van der Waals surface area (Å²) in [6, 6.07) is -0.0468. The number of ether oxygens (including phenoxy) is 1. The highest BCUT2D eigenvalue weighted by molar-refractivity contribution is 5.83. The van der Waals surface area contributed by atoms with Crippen LogP contribution < -0.4 is 5.73 Å². The van der Waals surface area contributed by atoms with E-state index >= 15 is 0 Å².